The molecule has 1 amide bonds. The summed E-state index contributed by atoms with van der Waals surface area (Å²) in [6.07, 6.45) is 5.57. The predicted octanol–water partition coefficient (Wildman–Crippen LogP) is 3.20. The van der Waals surface area contributed by atoms with Crippen molar-refractivity contribution in [3.05, 3.63) is 65.0 Å². The van der Waals surface area contributed by atoms with Gasteiger partial charge in [0, 0.05) is 48.6 Å². The van der Waals surface area contributed by atoms with Crippen molar-refractivity contribution in [2.75, 3.05) is 19.6 Å². The van der Waals surface area contributed by atoms with E-state index in [9.17, 15) is 13.6 Å². The molecule has 1 atom stereocenters. The Bertz CT molecular complexity index is 810. The fraction of sp³-hybridized carbons (Fsp3) is 0.400. The van der Waals surface area contributed by atoms with Crippen molar-refractivity contribution < 1.29 is 13.6 Å². The number of carbonyl (C=O) groups is 1. The number of nitrogens with zero attached hydrogens (tertiary/aromatic N) is 2. The van der Waals surface area contributed by atoms with Gasteiger partial charge >= 0.3 is 0 Å². The smallest absolute Gasteiger partial charge is 0.252 e. The molecule has 27 heavy (non-hydrogen) atoms. The minimum absolute atomic E-state index is 0. The number of aromatic nitrogens is 1. The number of hydrogen-bond donors (Lipinski definition) is 1. The first kappa shape index (κ1) is 19.7. The highest BCUT2D eigenvalue weighted by atomic mass is 35.5. The van der Waals surface area contributed by atoms with Crippen molar-refractivity contribution in [3.8, 4) is 0 Å². The number of halogens is 3. The molecule has 2 bridgehead atoms. The van der Waals surface area contributed by atoms with Crippen LogP contribution in [0, 0.1) is 17.6 Å². The maximum Gasteiger partial charge on any atom is 0.252 e. The maximum atomic E-state index is 14.4. The van der Waals surface area contributed by atoms with Crippen LogP contribution in [0.15, 0.2) is 36.7 Å². The second kappa shape index (κ2) is 8.31. The summed E-state index contributed by atoms with van der Waals surface area (Å²) in [5, 5.41) is 3.02. The number of amides is 1. The number of pyridine rings is 1. The molecule has 1 N–H and O–H groups in total. The van der Waals surface area contributed by atoms with Crippen LogP contribution in [0.4, 0.5) is 8.78 Å². The molecule has 3 aliphatic rings. The highest BCUT2D eigenvalue weighted by Gasteiger charge is 2.35. The van der Waals surface area contributed by atoms with E-state index in [2.05, 4.69) is 15.2 Å². The van der Waals surface area contributed by atoms with Crippen LogP contribution in [0.5, 0.6) is 0 Å². The standard InChI is InChI=1S/C20H21F2N3O.ClH/c21-15-9-17(16(18(22)10-15)8-13-2-1-5-23-11-13)20(26)24-19-12-25-6-3-14(19)4-7-25;/h1-2,5,9-11,14,19H,3-4,6-8,12H2,(H,24,26);1H. The van der Waals surface area contributed by atoms with E-state index in [0.717, 1.165) is 50.2 Å². The summed E-state index contributed by atoms with van der Waals surface area (Å²) < 4.78 is 28.2. The molecule has 3 fully saturated rings. The summed E-state index contributed by atoms with van der Waals surface area (Å²) in [7, 11) is 0. The summed E-state index contributed by atoms with van der Waals surface area (Å²) in [5.41, 5.74) is 1.05. The fourth-order valence-electron chi connectivity index (χ4n) is 4.07. The van der Waals surface area contributed by atoms with Crippen molar-refractivity contribution in [2.45, 2.75) is 25.3 Å². The highest BCUT2D eigenvalue weighted by molar-refractivity contribution is 5.96. The molecule has 144 valence electrons. The lowest BCUT2D eigenvalue weighted by molar-refractivity contribution is 0.0619. The average Bonchev–Trinajstić information content (AvgIpc) is 2.65. The van der Waals surface area contributed by atoms with E-state index in [4.69, 9.17) is 0 Å². The minimum Gasteiger partial charge on any atom is -0.348 e. The van der Waals surface area contributed by atoms with Crippen LogP contribution < -0.4 is 5.32 Å². The largest absolute Gasteiger partial charge is 0.348 e. The summed E-state index contributed by atoms with van der Waals surface area (Å²) in [4.78, 5) is 19.2. The number of fused-ring (bicyclic) bond motifs is 3. The zero-order valence-electron chi connectivity index (χ0n) is 14.8. The summed E-state index contributed by atoms with van der Waals surface area (Å²) >= 11 is 0. The van der Waals surface area contributed by atoms with Crippen molar-refractivity contribution in [1.29, 1.82) is 0 Å². The predicted molar refractivity (Wildman–Crippen MR) is 101 cm³/mol. The first-order valence-corrected chi connectivity index (χ1v) is 9.00. The van der Waals surface area contributed by atoms with Gasteiger partial charge < -0.3 is 10.2 Å². The second-order valence-corrected chi connectivity index (χ2v) is 7.17. The summed E-state index contributed by atoms with van der Waals surface area (Å²) in [6, 6.07) is 5.57. The monoisotopic (exact) mass is 393 g/mol. The van der Waals surface area contributed by atoms with Gasteiger partial charge in [-0.3, -0.25) is 9.78 Å². The lowest BCUT2D eigenvalue weighted by Gasteiger charge is -2.45. The lowest BCUT2D eigenvalue weighted by Crippen LogP contribution is -2.57. The Labute approximate surface area is 163 Å². The van der Waals surface area contributed by atoms with Crippen molar-refractivity contribution >= 4 is 18.3 Å². The molecule has 5 rings (SSSR count). The Hall–Kier alpha value is -2.05. The van der Waals surface area contributed by atoms with E-state index in [1.165, 1.54) is 0 Å². The molecule has 1 unspecified atom stereocenters. The normalized spacial score (nSPS) is 23.6. The maximum absolute atomic E-state index is 14.4. The number of hydrogen-bond acceptors (Lipinski definition) is 3. The number of carbonyl (C=O) groups excluding carboxylic acids is 1. The lowest BCUT2D eigenvalue weighted by atomic mass is 9.84. The zero-order chi connectivity index (χ0) is 18.1. The Kier molecular flexibility index (Phi) is 6.07. The van der Waals surface area contributed by atoms with Gasteiger partial charge in [0.15, 0.2) is 0 Å². The van der Waals surface area contributed by atoms with Gasteiger partial charge in [-0.15, -0.1) is 12.4 Å². The summed E-state index contributed by atoms with van der Waals surface area (Å²) in [5.74, 6) is -1.39. The van der Waals surface area contributed by atoms with Gasteiger partial charge in [-0.2, -0.15) is 0 Å². The van der Waals surface area contributed by atoms with Crippen LogP contribution in [0.2, 0.25) is 0 Å². The van der Waals surface area contributed by atoms with Crippen LogP contribution in [-0.2, 0) is 6.42 Å². The Morgan fingerprint density at radius 3 is 2.67 bits per heavy atom. The second-order valence-electron chi connectivity index (χ2n) is 7.17. The van der Waals surface area contributed by atoms with Gasteiger partial charge in [-0.25, -0.2) is 8.78 Å². The third-order valence-electron chi connectivity index (χ3n) is 5.48. The molecule has 7 heteroatoms. The molecule has 0 spiro atoms. The van der Waals surface area contributed by atoms with Gasteiger partial charge in [0.1, 0.15) is 11.6 Å². The number of nitrogens with one attached hydrogen (secondary N) is 1. The quantitative estimate of drug-likeness (QED) is 0.867. The fourth-order valence-corrected chi connectivity index (χ4v) is 4.07. The van der Waals surface area contributed by atoms with Gasteiger partial charge in [0.05, 0.1) is 0 Å². The topological polar surface area (TPSA) is 45.2 Å². The first-order chi connectivity index (χ1) is 12.6. The third-order valence-corrected chi connectivity index (χ3v) is 5.48. The molecule has 2 aromatic rings. The first-order valence-electron chi connectivity index (χ1n) is 9.00. The van der Waals surface area contributed by atoms with Crippen LogP contribution in [0.3, 0.4) is 0 Å². The Balaban J connectivity index is 0.00000210. The van der Waals surface area contributed by atoms with Gasteiger partial charge in [-0.05, 0) is 49.5 Å². The third kappa shape index (κ3) is 4.28. The van der Waals surface area contributed by atoms with Crippen LogP contribution >= 0.6 is 12.4 Å². The average molecular weight is 394 g/mol. The van der Waals surface area contributed by atoms with Gasteiger partial charge in [0.25, 0.3) is 5.91 Å². The molecule has 0 aliphatic carbocycles. The number of rotatable bonds is 4. The zero-order valence-corrected chi connectivity index (χ0v) is 15.6. The Morgan fingerprint density at radius 1 is 1.26 bits per heavy atom. The van der Waals surface area contributed by atoms with Gasteiger partial charge in [0.2, 0.25) is 0 Å². The van der Waals surface area contributed by atoms with Crippen molar-refractivity contribution in [1.82, 2.24) is 15.2 Å². The van der Waals surface area contributed by atoms with Crippen LogP contribution in [-0.4, -0.2) is 41.5 Å². The summed E-state index contributed by atoms with van der Waals surface area (Å²) in [6.45, 7) is 2.95. The molecule has 1 aromatic heterocycles. The SMILES string of the molecule is Cl.O=C(NC1CN2CCC1CC2)c1cc(F)cc(F)c1Cc1cccnc1. The van der Waals surface area contributed by atoms with E-state index in [1.54, 1.807) is 18.5 Å². The van der Waals surface area contributed by atoms with Crippen LogP contribution in [0.25, 0.3) is 0 Å². The molecule has 0 saturated carbocycles. The molecule has 1 aromatic carbocycles. The molecule has 3 saturated heterocycles. The minimum atomic E-state index is -0.739. The molecular weight excluding hydrogens is 372 g/mol. The number of piperidine rings is 3. The van der Waals surface area contributed by atoms with E-state index >= 15 is 0 Å². The van der Waals surface area contributed by atoms with E-state index in [-0.39, 0.29) is 36.0 Å². The van der Waals surface area contributed by atoms with E-state index < -0.39 is 17.5 Å². The van der Waals surface area contributed by atoms with E-state index in [1.807, 2.05) is 6.07 Å². The van der Waals surface area contributed by atoms with Crippen molar-refractivity contribution in [3.63, 3.8) is 0 Å². The molecule has 4 nitrogen and oxygen atoms in total. The highest BCUT2D eigenvalue weighted by Crippen LogP contribution is 2.28. The molecular formula is C20H22ClF2N3O. The van der Waals surface area contributed by atoms with Crippen molar-refractivity contribution in [2.24, 2.45) is 5.92 Å². The number of benzene rings is 1. The Morgan fingerprint density at radius 2 is 2.04 bits per heavy atom. The molecule has 4 heterocycles. The molecule has 0 radical (unpaired) electrons. The van der Waals surface area contributed by atoms with E-state index in [0.29, 0.717) is 5.92 Å². The molecule has 3 aliphatic heterocycles. The van der Waals surface area contributed by atoms with Crippen LogP contribution in [0.1, 0.15) is 34.3 Å². The van der Waals surface area contributed by atoms with Gasteiger partial charge in [-0.1, -0.05) is 6.07 Å².